The zero-order chi connectivity index (χ0) is 12.6. The molecule has 17 heavy (non-hydrogen) atoms. The van der Waals surface area contributed by atoms with Gasteiger partial charge in [-0.15, -0.1) is 0 Å². The van der Waals surface area contributed by atoms with Gasteiger partial charge in [-0.3, -0.25) is 9.48 Å². The van der Waals surface area contributed by atoms with E-state index in [9.17, 15) is 4.79 Å². The molecular formula is C14H18N2O. The first kappa shape index (κ1) is 11.8. The molecule has 0 unspecified atom stereocenters. The molecule has 3 nitrogen and oxygen atoms in total. The van der Waals surface area contributed by atoms with Crippen LogP contribution in [0.5, 0.6) is 0 Å². The molecule has 2 rings (SSSR count). The van der Waals surface area contributed by atoms with Gasteiger partial charge in [-0.1, -0.05) is 26.0 Å². The van der Waals surface area contributed by atoms with E-state index in [-0.39, 0.29) is 5.78 Å². The Kier molecular flexibility index (Phi) is 3.01. The average Bonchev–Trinajstić information content (AvgIpc) is 2.54. The zero-order valence-electron chi connectivity index (χ0n) is 10.8. The monoisotopic (exact) mass is 230 g/mol. The van der Waals surface area contributed by atoms with Gasteiger partial charge in [0.05, 0.1) is 5.52 Å². The average molecular weight is 230 g/mol. The van der Waals surface area contributed by atoms with Crippen molar-refractivity contribution in [2.45, 2.75) is 27.2 Å². The van der Waals surface area contributed by atoms with Gasteiger partial charge in [0.2, 0.25) is 0 Å². The topological polar surface area (TPSA) is 34.9 Å². The highest BCUT2D eigenvalue weighted by molar-refractivity contribution is 5.98. The fourth-order valence-corrected chi connectivity index (χ4v) is 2.10. The van der Waals surface area contributed by atoms with Gasteiger partial charge in [-0.25, -0.2) is 0 Å². The Morgan fingerprint density at radius 2 is 2.12 bits per heavy atom. The van der Waals surface area contributed by atoms with Gasteiger partial charge in [0.1, 0.15) is 0 Å². The maximum Gasteiger partial charge on any atom is 0.159 e. The molecule has 0 bridgehead atoms. The molecule has 1 aromatic carbocycles. The second kappa shape index (κ2) is 4.32. The summed E-state index contributed by atoms with van der Waals surface area (Å²) in [4.78, 5) is 11.3. The smallest absolute Gasteiger partial charge is 0.159 e. The Morgan fingerprint density at radius 1 is 1.41 bits per heavy atom. The first-order valence-electron chi connectivity index (χ1n) is 5.95. The van der Waals surface area contributed by atoms with E-state index >= 15 is 0 Å². The highest BCUT2D eigenvalue weighted by Gasteiger charge is 2.11. The van der Waals surface area contributed by atoms with Crippen LogP contribution in [0.1, 0.15) is 36.8 Å². The first-order valence-corrected chi connectivity index (χ1v) is 5.95. The summed E-state index contributed by atoms with van der Waals surface area (Å²) in [6, 6.07) is 5.77. The second-order valence-corrected chi connectivity index (χ2v) is 4.96. The van der Waals surface area contributed by atoms with Gasteiger partial charge in [-0.05, 0) is 25.3 Å². The lowest BCUT2D eigenvalue weighted by Crippen LogP contribution is -2.02. The van der Waals surface area contributed by atoms with E-state index in [2.05, 4.69) is 18.9 Å². The maximum atomic E-state index is 11.3. The number of benzene rings is 1. The summed E-state index contributed by atoms with van der Waals surface area (Å²) < 4.78 is 1.93. The minimum absolute atomic E-state index is 0.0861. The van der Waals surface area contributed by atoms with Gasteiger partial charge >= 0.3 is 0 Å². The maximum absolute atomic E-state index is 11.3. The van der Waals surface area contributed by atoms with E-state index in [1.807, 2.05) is 29.9 Å². The molecule has 0 radical (unpaired) electrons. The van der Waals surface area contributed by atoms with Crippen molar-refractivity contribution in [3.05, 3.63) is 29.5 Å². The van der Waals surface area contributed by atoms with Crippen LogP contribution < -0.4 is 0 Å². The van der Waals surface area contributed by atoms with E-state index in [1.54, 1.807) is 6.92 Å². The Hall–Kier alpha value is -1.64. The fourth-order valence-electron chi connectivity index (χ4n) is 2.10. The largest absolute Gasteiger partial charge is 0.295 e. The molecule has 0 fully saturated rings. The van der Waals surface area contributed by atoms with Crippen LogP contribution >= 0.6 is 0 Å². The molecule has 3 heteroatoms. The lowest BCUT2D eigenvalue weighted by atomic mass is 10.0. The number of carbonyl (C=O) groups excluding carboxylic acids is 1. The van der Waals surface area contributed by atoms with Crippen molar-refractivity contribution in [1.29, 1.82) is 0 Å². The van der Waals surface area contributed by atoms with Crippen LogP contribution in [0.2, 0.25) is 0 Å². The van der Waals surface area contributed by atoms with Gasteiger partial charge in [0.15, 0.2) is 5.78 Å². The summed E-state index contributed by atoms with van der Waals surface area (Å²) in [5, 5.41) is 5.63. The van der Waals surface area contributed by atoms with Gasteiger partial charge in [0.25, 0.3) is 0 Å². The molecule has 0 amide bonds. The third kappa shape index (κ3) is 2.23. The summed E-state index contributed by atoms with van der Waals surface area (Å²) in [5.74, 6) is 0.684. The number of carbonyl (C=O) groups is 1. The lowest BCUT2D eigenvalue weighted by molar-refractivity contribution is 0.101. The number of hydrogen-bond acceptors (Lipinski definition) is 2. The van der Waals surface area contributed by atoms with Gasteiger partial charge in [-0.2, -0.15) is 5.10 Å². The molecule has 0 spiro atoms. The molecule has 0 aliphatic carbocycles. The number of nitrogens with zero attached hydrogens (tertiary/aromatic N) is 2. The Bertz CT molecular complexity index is 567. The summed E-state index contributed by atoms with van der Waals surface area (Å²) in [6.07, 6.45) is 1.01. The molecular weight excluding hydrogens is 212 g/mol. The molecule has 0 N–H and O–H groups in total. The number of aryl methyl sites for hydroxylation is 1. The van der Waals surface area contributed by atoms with E-state index in [0.29, 0.717) is 5.92 Å². The van der Waals surface area contributed by atoms with Gasteiger partial charge < -0.3 is 0 Å². The summed E-state index contributed by atoms with van der Waals surface area (Å²) >= 11 is 0. The number of aromatic nitrogens is 2. The van der Waals surface area contributed by atoms with Crippen LogP contribution in [0.25, 0.3) is 10.9 Å². The van der Waals surface area contributed by atoms with Crippen molar-refractivity contribution in [2.75, 3.05) is 0 Å². The third-order valence-electron chi connectivity index (χ3n) is 2.97. The number of ketones is 1. The summed E-state index contributed by atoms with van der Waals surface area (Å²) in [7, 11) is 1.96. The molecule has 0 atom stereocenters. The SMILES string of the molecule is CC(=O)c1ccc2c(CC(C)C)n(C)nc2c1. The predicted molar refractivity (Wildman–Crippen MR) is 69.3 cm³/mol. The van der Waals surface area contributed by atoms with Crippen LogP contribution in [0.3, 0.4) is 0 Å². The Morgan fingerprint density at radius 3 is 2.71 bits per heavy atom. The quantitative estimate of drug-likeness (QED) is 0.760. The van der Waals surface area contributed by atoms with Crippen LogP contribution in [-0.4, -0.2) is 15.6 Å². The number of rotatable bonds is 3. The van der Waals surface area contributed by atoms with Crippen LogP contribution in [0.15, 0.2) is 18.2 Å². The molecule has 0 aliphatic rings. The van der Waals surface area contributed by atoms with Crippen LogP contribution in [0.4, 0.5) is 0 Å². The van der Waals surface area contributed by atoms with Crippen molar-refractivity contribution in [3.8, 4) is 0 Å². The highest BCUT2D eigenvalue weighted by atomic mass is 16.1. The zero-order valence-corrected chi connectivity index (χ0v) is 10.8. The van der Waals surface area contributed by atoms with Crippen LogP contribution in [-0.2, 0) is 13.5 Å². The number of fused-ring (bicyclic) bond motifs is 1. The molecule has 0 saturated heterocycles. The van der Waals surface area contributed by atoms with E-state index in [4.69, 9.17) is 0 Å². The van der Waals surface area contributed by atoms with Crippen molar-refractivity contribution in [3.63, 3.8) is 0 Å². The van der Waals surface area contributed by atoms with Crippen LogP contribution in [0, 0.1) is 5.92 Å². The molecule has 1 heterocycles. The lowest BCUT2D eigenvalue weighted by Gasteiger charge is -2.05. The highest BCUT2D eigenvalue weighted by Crippen LogP contribution is 2.22. The summed E-state index contributed by atoms with van der Waals surface area (Å²) in [5.41, 5.74) is 2.88. The Balaban J connectivity index is 2.56. The minimum Gasteiger partial charge on any atom is -0.295 e. The fraction of sp³-hybridized carbons (Fsp3) is 0.429. The van der Waals surface area contributed by atoms with Crippen molar-refractivity contribution < 1.29 is 4.79 Å². The molecule has 0 aliphatic heterocycles. The molecule has 1 aromatic heterocycles. The predicted octanol–water partition coefficient (Wildman–Crippen LogP) is 2.97. The van der Waals surface area contributed by atoms with Crippen molar-refractivity contribution in [2.24, 2.45) is 13.0 Å². The first-order chi connectivity index (χ1) is 7.99. The van der Waals surface area contributed by atoms with E-state index in [1.165, 1.54) is 5.69 Å². The van der Waals surface area contributed by atoms with Gasteiger partial charge in [0, 0.05) is 23.7 Å². The van der Waals surface area contributed by atoms with Crippen molar-refractivity contribution >= 4 is 16.7 Å². The second-order valence-electron chi connectivity index (χ2n) is 4.96. The van der Waals surface area contributed by atoms with E-state index in [0.717, 1.165) is 22.9 Å². The number of Topliss-reactive ketones (excluding diaryl/α,β-unsaturated/α-hetero) is 1. The Labute approximate surface area is 101 Å². The molecule has 0 saturated carbocycles. The third-order valence-corrected chi connectivity index (χ3v) is 2.97. The van der Waals surface area contributed by atoms with Crippen molar-refractivity contribution in [1.82, 2.24) is 9.78 Å². The summed E-state index contributed by atoms with van der Waals surface area (Å²) in [6.45, 7) is 5.98. The van der Waals surface area contributed by atoms with E-state index < -0.39 is 0 Å². The minimum atomic E-state index is 0.0861. The molecule has 90 valence electrons. The number of hydrogen-bond donors (Lipinski definition) is 0. The standard InChI is InChI=1S/C14H18N2O/c1-9(2)7-14-12-6-5-11(10(3)17)8-13(12)15-16(14)4/h5-6,8-9H,7H2,1-4H3. The molecule has 2 aromatic rings. The normalized spacial score (nSPS) is 11.4.